The number of hydrogen-bond acceptors (Lipinski definition) is 6. The zero-order valence-corrected chi connectivity index (χ0v) is 20.3. The number of fused-ring (bicyclic) bond motifs is 3. The molecule has 3 unspecified atom stereocenters. The Morgan fingerprint density at radius 3 is 2.58 bits per heavy atom. The number of ether oxygens (including phenoxy) is 3. The van der Waals surface area contributed by atoms with Gasteiger partial charge in [-0.2, -0.15) is 0 Å². The molecule has 0 spiro atoms. The van der Waals surface area contributed by atoms with E-state index in [0.29, 0.717) is 31.4 Å². The highest BCUT2D eigenvalue weighted by Crippen LogP contribution is 2.45. The molecule has 3 rings (SSSR count). The van der Waals surface area contributed by atoms with Gasteiger partial charge in [0.25, 0.3) is 0 Å². The van der Waals surface area contributed by atoms with Gasteiger partial charge in [-0.1, -0.05) is 13.8 Å². The van der Waals surface area contributed by atoms with Crippen LogP contribution in [-0.2, 0) is 16.0 Å². The second-order valence-electron chi connectivity index (χ2n) is 9.57. The summed E-state index contributed by atoms with van der Waals surface area (Å²) >= 11 is 0. The van der Waals surface area contributed by atoms with Crippen molar-refractivity contribution in [3.63, 3.8) is 0 Å². The van der Waals surface area contributed by atoms with Crippen LogP contribution in [0.15, 0.2) is 12.1 Å². The highest BCUT2D eigenvalue weighted by molar-refractivity contribution is 5.68. The molecule has 1 amide bonds. The van der Waals surface area contributed by atoms with Crippen molar-refractivity contribution in [2.45, 2.75) is 52.0 Å². The van der Waals surface area contributed by atoms with Gasteiger partial charge < -0.3 is 24.6 Å². The predicted molar refractivity (Wildman–Crippen MR) is 125 cm³/mol. The Balaban J connectivity index is 1.69. The van der Waals surface area contributed by atoms with Crippen LogP contribution in [0.4, 0.5) is 4.79 Å². The molecule has 1 aromatic carbocycles. The number of amides is 1. The maximum atomic E-state index is 12.2. The summed E-state index contributed by atoms with van der Waals surface area (Å²) in [5, 5.41) is 11.4. The number of hydrogen-bond donors (Lipinski definition) is 2. The smallest absolute Gasteiger partial charge is 0.407 e. The third-order valence-corrected chi connectivity index (χ3v) is 6.81. The van der Waals surface area contributed by atoms with Crippen LogP contribution in [0, 0.1) is 17.8 Å². The summed E-state index contributed by atoms with van der Waals surface area (Å²) in [5.74, 6) is 1.93. The zero-order valence-electron chi connectivity index (χ0n) is 20.3. The van der Waals surface area contributed by atoms with Gasteiger partial charge in [0.15, 0.2) is 11.5 Å². The summed E-state index contributed by atoms with van der Waals surface area (Å²) < 4.78 is 16.7. The Kier molecular flexibility index (Phi) is 8.83. The van der Waals surface area contributed by atoms with Gasteiger partial charge in [-0.3, -0.25) is 9.69 Å². The number of carboxylic acid groups (broad SMARTS) is 1. The maximum Gasteiger partial charge on any atom is 0.407 e. The van der Waals surface area contributed by atoms with Crippen LogP contribution in [0.25, 0.3) is 0 Å². The molecule has 2 N–H and O–H groups in total. The second kappa shape index (κ2) is 11.6. The van der Waals surface area contributed by atoms with Crippen LogP contribution in [-0.4, -0.2) is 62.5 Å². The molecule has 3 atom stereocenters. The molecule has 0 saturated carbocycles. The lowest BCUT2D eigenvalue weighted by Crippen LogP contribution is -2.47. The lowest BCUT2D eigenvalue weighted by Gasteiger charge is -2.47. The van der Waals surface area contributed by atoms with Gasteiger partial charge in [0, 0.05) is 32.1 Å². The molecule has 2 aliphatic rings. The minimum Gasteiger partial charge on any atom is -0.493 e. The number of alkyl carbamates (subject to hydrolysis) is 1. The summed E-state index contributed by atoms with van der Waals surface area (Å²) in [6.45, 7) is 7.15. The number of aliphatic carboxylic acids is 1. The first-order chi connectivity index (χ1) is 15.8. The average Bonchev–Trinajstić information content (AvgIpc) is 2.78. The third-order valence-electron chi connectivity index (χ3n) is 6.81. The molecule has 2 heterocycles. The molecule has 1 aromatic rings. The number of benzene rings is 1. The Bertz CT molecular complexity index is 827. The lowest BCUT2D eigenvalue weighted by atomic mass is 9.74. The highest BCUT2D eigenvalue weighted by Gasteiger charge is 2.40. The molecule has 184 valence electrons. The molecular formula is C25H38N2O6. The molecule has 0 bridgehead atoms. The van der Waals surface area contributed by atoms with Gasteiger partial charge in [0.05, 0.1) is 20.8 Å². The van der Waals surface area contributed by atoms with E-state index in [-0.39, 0.29) is 18.4 Å². The number of carboxylic acids is 1. The summed E-state index contributed by atoms with van der Waals surface area (Å²) in [6, 6.07) is 4.48. The molecule has 0 radical (unpaired) electrons. The summed E-state index contributed by atoms with van der Waals surface area (Å²) in [4.78, 5) is 25.4. The fourth-order valence-electron chi connectivity index (χ4n) is 5.24. The molecule has 8 nitrogen and oxygen atoms in total. The third kappa shape index (κ3) is 6.53. The van der Waals surface area contributed by atoms with E-state index in [2.05, 4.69) is 36.2 Å². The van der Waals surface area contributed by atoms with Gasteiger partial charge >= 0.3 is 12.1 Å². The van der Waals surface area contributed by atoms with Crippen molar-refractivity contribution in [3.05, 3.63) is 23.3 Å². The molecule has 8 heteroatoms. The molecule has 1 saturated heterocycles. The van der Waals surface area contributed by atoms with Crippen LogP contribution in [0.5, 0.6) is 11.5 Å². The molecule has 1 fully saturated rings. The number of methoxy groups -OCH3 is 2. The van der Waals surface area contributed by atoms with Gasteiger partial charge in [0.1, 0.15) is 0 Å². The van der Waals surface area contributed by atoms with Crippen LogP contribution < -0.4 is 14.8 Å². The van der Waals surface area contributed by atoms with Crippen molar-refractivity contribution >= 4 is 12.1 Å². The molecule has 0 aromatic heterocycles. The van der Waals surface area contributed by atoms with Crippen molar-refractivity contribution in [1.82, 2.24) is 10.2 Å². The quantitative estimate of drug-likeness (QED) is 0.509. The van der Waals surface area contributed by atoms with Crippen LogP contribution in [0.3, 0.4) is 0 Å². The number of rotatable bonds is 10. The average molecular weight is 463 g/mol. The summed E-state index contributed by atoms with van der Waals surface area (Å²) in [6.07, 6.45) is 2.96. The molecule has 33 heavy (non-hydrogen) atoms. The van der Waals surface area contributed by atoms with Crippen molar-refractivity contribution in [2.75, 3.05) is 40.5 Å². The Labute approximate surface area is 196 Å². The number of piperidine rings is 1. The van der Waals surface area contributed by atoms with E-state index in [1.807, 2.05) is 0 Å². The van der Waals surface area contributed by atoms with Crippen LogP contribution >= 0.6 is 0 Å². The first kappa shape index (κ1) is 25.1. The Hall–Kier alpha value is -2.48. The van der Waals surface area contributed by atoms with Gasteiger partial charge in [-0.25, -0.2) is 4.79 Å². The Morgan fingerprint density at radius 1 is 1.18 bits per heavy atom. The first-order valence-electron chi connectivity index (χ1n) is 11.9. The van der Waals surface area contributed by atoms with Gasteiger partial charge in [0.2, 0.25) is 0 Å². The topological polar surface area (TPSA) is 97.3 Å². The minimum atomic E-state index is -0.865. The van der Waals surface area contributed by atoms with Crippen molar-refractivity contribution < 1.29 is 28.9 Å². The van der Waals surface area contributed by atoms with E-state index >= 15 is 0 Å². The number of carbonyl (C=O) groups excluding carboxylic acids is 1. The van der Waals surface area contributed by atoms with E-state index in [1.54, 1.807) is 14.2 Å². The zero-order chi connectivity index (χ0) is 24.0. The lowest BCUT2D eigenvalue weighted by molar-refractivity contribution is -0.137. The van der Waals surface area contributed by atoms with Crippen molar-refractivity contribution in [1.29, 1.82) is 0 Å². The maximum absolute atomic E-state index is 12.2. The highest BCUT2D eigenvalue weighted by atomic mass is 16.5. The van der Waals surface area contributed by atoms with Crippen LogP contribution in [0.2, 0.25) is 0 Å². The molecule has 0 aliphatic carbocycles. The SMILES string of the molecule is COc1cc2c(cc1OC)C1CC(COC(=O)NCCCC(=O)O)C(CC(C)C)CN1CC2. The fraction of sp³-hybridized carbons (Fsp3) is 0.680. The van der Waals surface area contributed by atoms with E-state index in [1.165, 1.54) is 11.1 Å². The minimum absolute atomic E-state index is 0.0323. The monoisotopic (exact) mass is 462 g/mol. The second-order valence-corrected chi connectivity index (χ2v) is 9.57. The van der Waals surface area contributed by atoms with Crippen molar-refractivity contribution in [3.8, 4) is 11.5 Å². The predicted octanol–water partition coefficient (Wildman–Crippen LogP) is 3.88. The van der Waals surface area contributed by atoms with Crippen molar-refractivity contribution in [2.24, 2.45) is 17.8 Å². The first-order valence-corrected chi connectivity index (χ1v) is 11.9. The summed E-state index contributed by atoms with van der Waals surface area (Å²) in [5.41, 5.74) is 2.58. The largest absolute Gasteiger partial charge is 0.493 e. The van der Waals surface area contributed by atoms with Gasteiger partial charge in [-0.15, -0.1) is 0 Å². The van der Waals surface area contributed by atoms with E-state index in [4.69, 9.17) is 19.3 Å². The molecular weight excluding hydrogens is 424 g/mol. The Morgan fingerprint density at radius 2 is 1.91 bits per heavy atom. The number of nitrogens with one attached hydrogen (secondary N) is 1. The fourth-order valence-corrected chi connectivity index (χ4v) is 5.24. The summed E-state index contributed by atoms with van der Waals surface area (Å²) in [7, 11) is 3.33. The normalized spacial score (nSPS) is 22.3. The molecule has 2 aliphatic heterocycles. The van der Waals surface area contributed by atoms with E-state index < -0.39 is 12.1 Å². The number of nitrogens with zero attached hydrogens (tertiary/aromatic N) is 1. The number of carbonyl (C=O) groups is 2. The van der Waals surface area contributed by atoms with Crippen LogP contribution in [0.1, 0.15) is 56.7 Å². The van der Waals surface area contributed by atoms with Gasteiger partial charge in [-0.05, 0) is 66.7 Å². The van der Waals surface area contributed by atoms with E-state index in [0.717, 1.165) is 43.9 Å². The van der Waals surface area contributed by atoms with E-state index in [9.17, 15) is 9.59 Å². The standard InChI is InChI=1S/C25H38N2O6/c1-16(2)10-18-14-27-9-7-17-12-22(31-3)23(32-4)13-20(17)21(27)11-19(18)15-33-25(30)26-8-5-6-24(28)29/h12-13,16,18-19,21H,5-11,14-15H2,1-4H3,(H,26,30)(H,28,29).